The lowest BCUT2D eigenvalue weighted by atomic mass is 9.99. The lowest BCUT2D eigenvalue weighted by Crippen LogP contribution is -2.12. The molecule has 4 heteroatoms. The second-order valence-electron chi connectivity index (χ2n) is 3.31. The predicted octanol–water partition coefficient (Wildman–Crippen LogP) is 1.99. The van der Waals surface area contributed by atoms with E-state index in [4.69, 9.17) is 22.1 Å². The maximum atomic E-state index is 10.8. The van der Waals surface area contributed by atoms with Crippen molar-refractivity contribution in [1.82, 2.24) is 0 Å². The Labute approximate surface area is 92.5 Å². The van der Waals surface area contributed by atoms with Crippen LogP contribution in [-0.4, -0.2) is 12.5 Å². The van der Waals surface area contributed by atoms with Gasteiger partial charge in [0, 0.05) is 23.1 Å². The number of carbonyl (C=O) groups excluding carboxylic acids is 1. The van der Waals surface area contributed by atoms with Gasteiger partial charge in [-0.25, -0.2) is 0 Å². The maximum absolute atomic E-state index is 10.8. The molecule has 1 aliphatic heterocycles. The smallest absolute Gasteiger partial charge is 0.241 e. The van der Waals surface area contributed by atoms with Gasteiger partial charge in [0.1, 0.15) is 5.75 Å². The van der Waals surface area contributed by atoms with Crippen LogP contribution in [0.15, 0.2) is 24.3 Å². The molecule has 0 aromatic heterocycles. The Hall–Kier alpha value is -1.48. The fourth-order valence-electron chi connectivity index (χ4n) is 1.61. The molecule has 1 aromatic rings. The topological polar surface area (TPSA) is 52.3 Å². The Kier molecular flexibility index (Phi) is 2.64. The van der Waals surface area contributed by atoms with E-state index in [2.05, 4.69) is 0 Å². The third kappa shape index (κ3) is 2.13. The third-order valence-corrected chi connectivity index (χ3v) is 2.47. The molecule has 2 N–H and O–H groups in total. The summed E-state index contributed by atoms with van der Waals surface area (Å²) in [5, 5.41) is 0.620. The summed E-state index contributed by atoms with van der Waals surface area (Å²) >= 11 is 5.88. The van der Waals surface area contributed by atoms with Crippen molar-refractivity contribution in [3.05, 3.63) is 34.9 Å². The number of benzene rings is 1. The zero-order chi connectivity index (χ0) is 10.8. The summed E-state index contributed by atoms with van der Waals surface area (Å²) in [4.78, 5) is 10.8. The van der Waals surface area contributed by atoms with Gasteiger partial charge in [0.15, 0.2) is 0 Å². The van der Waals surface area contributed by atoms with Crippen LogP contribution in [0.3, 0.4) is 0 Å². The molecule has 0 spiro atoms. The molecule has 1 aromatic carbocycles. The summed E-state index contributed by atoms with van der Waals surface area (Å²) in [6, 6.07) is 5.34. The SMILES string of the molecule is NC(=O)/C=C1\CCOc2ccc(Cl)cc21. The van der Waals surface area contributed by atoms with E-state index in [0.717, 1.165) is 16.9 Å². The minimum absolute atomic E-state index is 0.446. The summed E-state index contributed by atoms with van der Waals surface area (Å²) in [7, 11) is 0. The van der Waals surface area contributed by atoms with Crippen LogP contribution in [0.2, 0.25) is 5.02 Å². The van der Waals surface area contributed by atoms with Crippen molar-refractivity contribution in [2.24, 2.45) is 5.73 Å². The van der Waals surface area contributed by atoms with Crippen LogP contribution >= 0.6 is 11.6 Å². The van der Waals surface area contributed by atoms with Gasteiger partial charge in [-0.05, 0) is 23.8 Å². The molecular formula is C11H10ClNO2. The molecule has 1 aliphatic rings. The number of nitrogens with two attached hydrogens (primary N) is 1. The van der Waals surface area contributed by atoms with Crippen LogP contribution in [0, 0.1) is 0 Å². The lowest BCUT2D eigenvalue weighted by Gasteiger charge is -2.19. The minimum Gasteiger partial charge on any atom is -0.493 e. The van der Waals surface area contributed by atoms with E-state index in [0.29, 0.717) is 18.1 Å². The van der Waals surface area contributed by atoms with E-state index in [-0.39, 0.29) is 0 Å². The van der Waals surface area contributed by atoms with Gasteiger partial charge in [-0.2, -0.15) is 0 Å². The van der Waals surface area contributed by atoms with Crippen LogP contribution < -0.4 is 10.5 Å². The van der Waals surface area contributed by atoms with Gasteiger partial charge in [-0.1, -0.05) is 11.6 Å². The number of fused-ring (bicyclic) bond motifs is 1. The van der Waals surface area contributed by atoms with E-state index in [1.54, 1.807) is 18.2 Å². The molecule has 1 amide bonds. The van der Waals surface area contributed by atoms with Crippen molar-refractivity contribution < 1.29 is 9.53 Å². The Balaban J connectivity index is 2.49. The van der Waals surface area contributed by atoms with E-state index >= 15 is 0 Å². The van der Waals surface area contributed by atoms with Gasteiger partial charge in [0.2, 0.25) is 5.91 Å². The molecule has 1 heterocycles. The monoisotopic (exact) mass is 223 g/mol. The summed E-state index contributed by atoms with van der Waals surface area (Å²) in [5.41, 5.74) is 6.86. The molecular weight excluding hydrogens is 214 g/mol. The van der Waals surface area contributed by atoms with Crippen molar-refractivity contribution >= 4 is 23.1 Å². The van der Waals surface area contributed by atoms with E-state index in [1.807, 2.05) is 0 Å². The number of carbonyl (C=O) groups is 1. The fraction of sp³-hybridized carbons (Fsp3) is 0.182. The molecule has 15 heavy (non-hydrogen) atoms. The first-order chi connectivity index (χ1) is 7.16. The van der Waals surface area contributed by atoms with Gasteiger partial charge in [-0.3, -0.25) is 4.79 Å². The molecule has 0 saturated carbocycles. The van der Waals surface area contributed by atoms with E-state index in [9.17, 15) is 4.79 Å². The number of rotatable bonds is 1. The lowest BCUT2D eigenvalue weighted by molar-refractivity contribution is -0.113. The first-order valence-electron chi connectivity index (χ1n) is 4.59. The zero-order valence-corrected chi connectivity index (χ0v) is 8.75. The highest BCUT2D eigenvalue weighted by atomic mass is 35.5. The van der Waals surface area contributed by atoms with Crippen molar-refractivity contribution in [1.29, 1.82) is 0 Å². The number of amides is 1. The normalized spacial score (nSPS) is 17.0. The van der Waals surface area contributed by atoms with Crippen molar-refractivity contribution in [2.45, 2.75) is 6.42 Å². The molecule has 2 rings (SSSR count). The summed E-state index contributed by atoms with van der Waals surface area (Å²) < 4.78 is 5.44. The summed E-state index contributed by atoms with van der Waals surface area (Å²) in [6.07, 6.45) is 2.11. The van der Waals surface area contributed by atoms with Gasteiger partial charge in [-0.15, -0.1) is 0 Å². The van der Waals surface area contributed by atoms with Crippen LogP contribution in [0.25, 0.3) is 5.57 Å². The molecule has 0 fully saturated rings. The van der Waals surface area contributed by atoms with Crippen molar-refractivity contribution in [3.8, 4) is 5.75 Å². The minimum atomic E-state index is -0.446. The first kappa shape index (κ1) is 10.1. The van der Waals surface area contributed by atoms with Gasteiger partial charge in [0.05, 0.1) is 6.61 Å². The molecule has 0 atom stereocenters. The summed E-state index contributed by atoms with van der Waals surface area (Å²) in [5.74, 6) is 0.302. The van der Waals surface area contributed by atoms with Gasteiger partial charge in [0.25, 0.3) is 0 Å². The Bertz CT molecular complexity index is 440. The third-order valence-electron chi connectivity index (χ3n) is 2.23. The Morgan fingerprint density at radius 1 is 1.53 bits per heavy atom. The van der Waals surface area contributed by atoms with Crippen LogP contribution in [0.4, 0.5) is 0 Å². The highest BCUT2D eigenvalue weighted by molar-refractivity contribution is 6.30. The standard InChI is InChI=1S/C11H10ClNO2/c12-8-1-2-10-9(6-8)7(3-4-15-10)5-11(13)14/h1-2,5-6H,3-4H2,(H2,13,14)/b7-5+. The zero-order valence-electron chi connectivity index (χ0n) is 8.00. The number of primary amides is 1. The van der Waals surface area contributed by atoms with E-state index in [1.165, 1.54) is 6.08 Å². The van der Waals surface area contributed by atoms with Crippen LogP contribution in [-0.2, 0) is 4.79 Å². The quantitative estimate of drug-likeness (QED) is 0.741. The molecule has 0 aliphatic carbocycles. The Morgan fingerprint density at radius 3 is 3.07 bits per heavy atom. The van der Waals surface area contributed by atoms with Gasteiger partial charge < -0.3 is 10.5 Å². The molecule has 0 saturated heterocycles. The molecule has 0 radical (unpaired) electrons. The number of ether oxygens (including phenoxy) is 1. The first-order valence-corrected chi connectivity index (χ1v) is 4.97. The van der Waals surface area contributed by atoms with Crippen LogP contribution in [0.1, 0.15) is 12.0 Å². The Morgan fingerprint density at radius 2 is 2.33 bits per heavy atom. The fourth-order valence-corrected chi connectivity index (χ4v) is 1.78. The van der Waals surface area contributed by atoms with Crippen molar-refractivity contribution in [3.63, 3.8) is 0 Å². The molecule has 0 unspecified atom stereocenters. The largest absolute Gasteiger partial charge is 0.493 e. The molecule has 0 bridgehead atoms. The van der Waals surface area contributed by atoms with Crippen LogP contribution in [0.5, 0.6) is 5.75 Å². The highest BCUT2D eigenvalue weighted by Gasteiger charge is 2.15. The summed E-state index contributed by atoms with van der Waals surface area (Å²) in [6.45, 7) is 0.563. The average Bonchev–Trinajstić information content (AvgIpc) is 2.18. The second-order valence-corrected chi connectivity index (χ2v) is 3.75. The average molecular weight is 224 g/mol. The van der Waals surface area contributed by atoms with Gasteiger partial charge >= 0.3 is 0 Å². The molecule has 3 nitrogen and oxygen atoms in total. The maximum Gasteiger partial charge on any atom is 0.241 e. The number of halogens is 1. The number of hydrogen-bond donors (Lipinski definition) is 1. The molecule has 78 valence electrons. The van der Waals surface area contributed by atoms with E-state index < -0.39 is 5.91 Å². The second kappa shape index (κ2) is 3.95. The number of hydrogen-bond acceptors (Lipinski definition) is 2. The van der Waals surface area contributed by atoms with Crippen molar-refractivity contribution in [2.75, 3.05) is 6.61 Å². The highest BCUT2D eigenvalue weighted by Crippen LogP contribution is 2.34. The predicted molar refractivity (Wildman–Crippen MR) is 58.7 cm³/mol.